The third-order valence-electron chi connectivity index (χ3n) is 2.63. The maximum Gasteiger partial charge on any atom is 0.173 e. The average Bonchev–Trinajstić information content (AvgIpc) is 2.31. The van der Waals surface area contributed by atoms with Gasteiger partial charge < -0.3 is 14.6 Å². The molecule has 0 heterocycles. The number of aliphatic hydroxyl groups excluding tert-OH is 1. The Morgan fingerprint density at radius 1 is 1.28 bits per heavy atom. The van der Waals surface area contributed by atoms with Crippen molar-refractivity contribution in [2.75, 3.05) is 7.11 Å². The fourth-order valence-corrected chi connectivity index (χ4v) is 1.74. The summed E-state index contributed by atoms with van der Waals surface area (Å²) in [4.78, 5) is 0. The van der Waals surface area contributed by atoms with E-state index in [0.717, 1.165) is 5.56 Å². The van der Waals surface area contributed by atoms with Gasteiger partial charge >= 0.3 is 0 Å². The van der Waals surface area contributed by atoms with Crippen molar-refractivity contribution in [3.05, 3.63) is 29.8 Å². The van der Waals surface area contributed by atoms with Gasteiger partial charge in [0, 0.05) is 12.7 Å². The molecule has 0 aliphatic carbocycles. The molecule has 0 bridgehead atoms. The number of hydrogen-bond donors (Lipinski definition) is 2. The molecule has 0 amide bonds. The molecule has 0 saturated carbocycles. The Kier molecular flexibility index (Phi) is 6.12. The SMILES string of the molecule is COCc1ccccc1OC(N)C(O)CC(C)C. The lowest BCUT2D eigenvalue weighted by molar-refractivity contribution is 0.0254. The van der Waals surface area contributed by atoms with Crippen molar-refractivity contribution in [2.45, 2.75) is 39.2 Å². The first-order chi connectivity index (χ1) is 8.54. The quantitative estimate of drug-likeness (QED) is 0.728. The van der Waals surface area contributed by atoms with E-state index >= 15 is 0 Å². The molecule has 0 radical (unpaired) electrons. The maximum atomic E-state index is 9.89. The number of benzene rings is 1. The van der Waals surface area contributed by atoms with E-state index in [-0.39, 0.29) is 0 Å². The normalized spacial score (nSPS) is 14.6. The van der Waals surface area contributed by atoms with E-state index in [4.69, 9.17) is 15.2 Å². The van der Waals surface area contributed by atoms with Crippen molar-refractivity contribution in [2.24, 2.45) is 11.7 Å². The molecule has 1 rings (SSSR count). The first-order valence-electron chi connectivity index (χ1n) is 6.21. The zero-order chi connectivity index (χ0) is 13.5. The standard InChI is InChI=1S/C14H23NO3/c1-10(2)8-12(16)14(15)18-13-7-5-4-6-11(13)9-17-3/h4-7,10,12,14,16H,8-9,15H2,1-3H3. The Morgan fingerprint density at radius 3 is 2.56 bits per heavy atom. The summed E-state index contributed by atoms with van der Waals surface area (Å²) < 4.78 is 10.7. The van der Waals surface area contributed by atoms with E-state index in [1.54, 1.807) is 7.11 Å². The van der Waals surface area contributed by atoms with E-state index in [1.165, 1.54) is 0 Å². The summed E-state index contributed by atoms with van der Waals surface area (Å²) in [5.41, 5.74) is 6.77. The van der Waals surface area contributed by atoms with Crippen LogP contribution in [0.15, 0.2) is 24.3 Å². The third kappa shape index (κ3) is 4.64. The van der Waals surface area contributed by atoms with E-state index in [0.29, 0.717) is 24.7 Å². The first kappa shape index (κ1) is 15.0. The van der Waals surface area contributed by atoms with Gasteiger partial charge in [0.1, 0.15) is 11.9 Å². The second-order valence-corrected chi connectivity index (χ2v) is 4.82. The summed E-state index contributed by atoms with van der Waals surface area (Å²) in [6.07, 6.45) is -0.765. The molecule has 0 aromatic heterocycles. The Labute approximate surface area is 109 Å². The monoisotopic (exact) mass is 253 g/mol. The first-order valence-corrected chi connectivity index (χ1v) is 6.21. The van der Waals surface area contributed by atoms with Gasteiger partial charge in [0.2, 0.25) is 0 Å². The fourth-order valence-electron chi connectivity index (χ4n) is 1.74. The number of nitrogens with two attached hydrogens (primary N) is 1. The number of methoxy groups -OCH3 is 1. The predicted molar refractivity (Wildman–Crippen MR) is 71.2 cm³/mol. The molecular weight excluding hydrogens is 230 g/mol. The molecule has 0 aliphatic rings. The van der Waals surface area contributed by atoms with Crippen LogP contribution in [-0.2, 0) is 11.3 Å². The van der Waals surface area contributed by atoms with E-state index in [9.17, 15) is 5.11 Å². The highest BCUT2D eigenvalue weighted by atomic mass is 16.5. The highest BCUT2D eigenvalue weighted by Gasteiger charge is 2.18. The lowest BCUT2D eigenvalue weighted by atomic mass is 10.1. The lowest BCUT2D eigenvalue weighted by Crippen LogP contribution is -2.40. The number of rotatable bonds is 7. The van der Waals surface area contributed by atoms with E-state index < -0.39 is 12.3 Å². The van der Waals surface area contributed by atoms with Gasteiger partial charge in [-0.3, -0.25) is 5.73 Å². The summed E-state index contributed by atoms with van der Waals surface area (Å²) in [6.45, 7) is 4.53. The van der Waals surface area contributed by atoms with E-state index in [2.05, 4.69) is 0 Å². The number of para-hydroxylation sites is 1. The van der Waals surface area contributed by atoms with E-state index in [1.807, 2.05) is 38.1 Å². The zero-order valence-corrected chi connectivity index (χ0v) is 11.3. The van der Waals surface area contributed by atoms with Crippen LogP contribution in [0.4, 0.5) is 0 Å². The van der Waals surface area contributed by atoms with Crippen LogP contribution in [0.1, 0.15) is 25.8 Å². The number of ether oxygens (including phenoxy) is 2. The zero-order valence-electron chi connectivity index (χ0n) is 11.3. The van der Waals surface area contributed by atoms with Crippen LogP contribution in [-0.4, -0.2) is 24.5 Å². The molecule has 0 fully saturated rings. The molecule has 2 atom stereocenters. The molecule has 4 heteroatoms. The van der Waals surface area contributed by atoms with Crippen LogP contribution in [0.25, 0.3) is 0 Å². The topological polar surface area (TPSA) is 64.7 Å². The number of aliphatic hydroxyl groups is 1. The van der Waals surface area contributed by atoms with Crippen LogP contribution in [0.5, 0.6) is 5.75 Å². The summed E-state index contributed by atoms with van der Waals surface area (Å²) in [5, 5.41) is 9.89. The Balaban J connectivity index is 2.65. The van der Waals surface area contributed by atoms with Crippen LogP contribution in [0, 0.1) is 5.92 Å². The molecule has 102 valence electrons. The highest BCUT2D eigenvalue weighted by Crippen LogP contribution is 2.20. The van der Waals surface area contributed by atoms with Crippen LogP contribution >= 0.6 is 0 Å². The molecule has 0 aliphatic heterocycles. The molecule has 2 unspecified atom stereocenters. The molecule has 3 N–H and O–H groups in total. The Bertz CT molecular complexity index is 355. The Morgan fingerprint density at radius 2 is 1.94 bits per heavy atom. The van der Waals surface area contributed by atoms with Gasteiger partial charge in [0.05, 0.1) is 6.61 Å². The van der Waals surface area contributed by atoms with Gasteiger partial charge in [-0.1, -0.05) is 32.0 Å². The fraction of sp³-hybridized carbons (Fsp3) is 0.571. The number of hydrogen-bond acceptors (Lipinski definition) is 4. The lowest BCUT2D eigenvalue weighted by Gasteiger charge is -2.22. The van der Waals surface area contributed by atoms with Crippen LogP contribution < -0.4 is 10.5 Å². The molecule has 0 saturated heterocycles. The molecule has 4 nitrogen and oxygen atoms in total. The summed E-state index contributed by atoms with van der Waals surface area (Å²) in [7, 11) is 1.63. The van der Waals surface area contributed by atoms with Crippen molar-refractivity contribution >= 4 is 0 Å². The average molecular weight is 253 g/mol. The Hall–Kier alpha value is -1.10. The summed E-state index contributed by atoms with van der Waals surface area (Å²) >= 11 is 0. The molecule has 18 heavy (non-hydrogen) atoms. The second kappa shape index (κ2) is 7.36. The van der Waals surface area contributed by atoms with Gasteiger partial charge in [-0.15, -0.1) is 0 Å². The van der Waals surface area contributed by atoms with Crippen LogP contribution in [0.3, 0.4) is 0 Å². The maximum absolute atomic E-state index is 9.89. The molecular formula is C14H23NO3. The third-order valence-corrected chi connectivity index (χ3v) is 2.63. The second-order valence-electron chi connectivity index (χ2n) is 4.82. The van der Waals surface area contributed by atoms with Crippen molar-refractivity contribution in [3.63, 3.8) is 0 Å². The van der Waals surface area contributed by atoms with Crippen molar-refractivity contribution < 1.29 is 14.6 Å². The smallest absolute Gasteiger partial charge is 0.173 e. The van der Waals surface area contributed by atoms with Crippen molar-refractivity contribution in [1.82, 2.24) is 0 Å². The summed E-state index contributed by atoms with van der Waals surface area (Å²) in [5.74, 6) is 1.04. The highest BCUT2D eigenvalue weighted by molar-refractivity contribution is 5.32. The van der Waals surface area contributed by atoms with Gasteiger partial charge in [0.25, 0.3) is 0 Å². The minimum atomic E-state index is -0.717. The molecule has 1 aromatic carbocycles. The predicted octanol–water partition coefficient (Wildman–Crippen LogP) is 1.90. The van der Waals surface area contributed by atoms with Crippen molar-refractivity contribution in [1.29, 1.82) is 0 Å². The van der Waals surface area contributed by atoms with Gasteiger partial charge in [0.15, 0.2) is 6.23 Å². The molecule has 1 aromatic rings. The van der Waals surface area contributed by atoms with Gasteiger partial charge in [-0.25, -0.2) is 0 Å². The van der Waals surface area contributed by atoms with Crippen LogP contribution in [0.2, 0.25) is 0 Å². The van der Waals surface area contributed by atoms with Crippen molar-refractivity contribution in [3.8, 4) is 5.75 Å². The largest absolute Gasteiger partial charge is 0.472 e. The summed E-state index contributed by atoms with van der Waals surface area (Å²) in [6, 6.07) is 7.53. The minimum Gasteiger partial charge on any atom is -0.472 e. The minimum absolute atomic E-state index is 0.379. The van der Waals surface area contributed by atoms with Gasteiger partial charge in [-0.2, -0.15) is 0 Å². The van der Waals surface area contributed by atoms with Gasteiger partial charge in [-0.05, 0) is 18.4 Å². The molecule has 0 spiro atoms.